The van der Waals surface area contributed by atoms with Crippen molar-refractivity contribution in [3.63, 3.8) is 0 Å². The fourth-order valence-electron chi connectivity index (χ4n) is 2.63. The summed E-state index contributed by atoms with van der Waals surface area (Å²) in [5.41, 5.74) is 7.79. The van der Waals surface area contributed by atoms with E-state index in [4.69, 9.17) is 5.73 Å². The van der Waals surface area contributed by atoms with E-state index in [1.54, 1.807) is 4.80 Å². The van der Waals surface area contributed by atoms with Crippen molar-refractivity contribution >= 4 is 0 Å². The third kappa shape index (κ3) is 2.67. The molecule has 0 aliphatic carbocycles. The van der Waals surface area contributed by atoms with E-state index in [1.807, 2.05) is 36.5 Å². The second kappa shape index (κ2) is 5.50. The van der Waals surface area contributed by atoms with Gasteiger partial charge in [-0.2, -0.15) is 15.0 Å². The molecule has 1 unspecified atom stereocenters. The van der Waals surface area contributed by atoms with Crippen LogP contribution in [-0.2, 0) is 6.54 Å². The lowest BCUT2D eigenvalue weighted by molar-refractivity contribution is 0.247. The first-order valence-corrected chi connectivity index (χ1v) is 6.77. The lowest BCUT2D eigenvalue weighted by atomic mass is 10.2. The summed E-state index contributed by atoms with van der Waals surface area (Å²) < 4.78 is 0. The molecule has 1 aromatic heterocycles. The zero-order valence-electron chi connectivity index (χ0n) is 10.9. The molecule has 0 saturated carbocycles. The molecule has 1 aliphatic heterocycles. The van der Waals surface area contributed by atoms with Crippen LogP contribution in [-0.4, -0.2) is 39.0 Å². The normalized spacial score (nSPS) is 19.9. The van der Waals surface area contributed by atoms with Gasteiger partial charge < -0.3 is 5.73 Å². The Hall–Kier alpha value is -1.72. The van der Waals surface area contributed by atoms with Crippen LogP contribution in [0.5, 0.6) is 0 Å². The van der Waals surface area contributed by atoms with Crippen molar-refractivity contribution in [2.75, 3.05) is 13.1 Å². The SMILES string of the molecule is NCC1CCCN1Cc1cnn(-c2ccccc2)n1. The molecule has 0 radical (unpaired) electrons. The number of nitrogens with zero attached hydrogens (tertiary/aromatic N) is 4. The van der Waals surface area contributed by atoms with Crippen LogP contribution >= 0.6 is 0 Å². The molecule has 5 heteroatoms. The molecule has 2 heterocycles. The van der Waals surface area contributed by atoms with Crippen LogP contribution < -0.4 is 5.73 Å². The first kappa shape index (κ1) is 12.3. The number of rotatable bonds is 4. The monoisotopic (exact) mass is 257 g/mol. The molecule has 2 N–H and O–H groups in total. The summed E-state index contributed by atoms with van der Waals surface area (Å²) in [6.45, 7) is 2.68. The Morgan fingerprint density at radius 3 is 2.89 bits per heavy atom. The highest BCUT2D eigenvalue weighted by atomic mass is 15.5. The number of hydrogen-bond donors (Lipinski definition) is 1. The van der Waals surface area contributed by atoms with Crippen molar-refractivity contribution in [2.24, 2.45) is 5.73 Å². The molecule has 5 nitrogen and oxygen atoms in total. The molecule has 1 aromatic carbocycles. The molecule has 2 aromatic rings. The Kier molecular flexibility index (Phi) is 3.57. The van der Waals surface area contributed by atoms with E-state index in [2.05, 4.69) is 15.1 Å². The average molecular weight is 257 g/mol. The van der Waals surface area contributed by atoms with Crippen molar-refractivity contribution < 1.29 is 0 Å². The zero-order valence-corrected chi connectivity index (χ0v) is 10.9. The Labute approximate surface area is 113 Å². The van der Waals surface area contributed by atoms with Gasteiger partial charge in [-0.1, -0.05) is 18.2 Å². The van der Waals surface area contributed by atoms with Gasteiger partial charge in [-0.15, -0.1) is 0 Å². The van der Waals surface area contributed by atoms with Gasteiger partial charge in [-0.25, -0.2) is 0 Å². The standard InChI is InChI=1S/C14H19N5/c15-9-14-7-4-8-18(14)11-12-10-16-19(17-12)13-5-2-1-3-6-13/h1-3,5-6,10,14H,4,7-9,11,15H2. The van der Waals surface area contributed by atoms with Crippen molar-refractivity contribution in [3.8, 4) is 5.69 Å². The van der Waals surface area contributed by atoms with Crippen molar-refractivity contribution in [1.82, 2.24) is 19.9 Å². The van der Waals surface area contributed by atoms with E-state index in [0.29, 0.717) is 6.04 Å². The van der Waals surface area contributed by atoms with Gasteiger partial charge in [0, 0.05) is 19.1 Å². The van der Waals surface area contributed by atoms with Crippen LogP contribution in [0.4, 0.5) is 0 Å². The summed E-state index contributed by atoms with van der Waals surface area (Å²) in [5, 5.41) is 8.86. The van der Waals surface area contributed by atoms with Crippen LogP contribution in [0.1, 0.15) is 18.5 Å². The molecular weight excluding hydrogens is 238 g/mol. The minimum atomic E-state index is 0.502. The fourth-order valence-corrected chi connectivity index (χ4v) is 2.63. The highest BCUT2D eigenvalue weighted by molar-refractivity contribution is 5.28. The number of para-hydroxylation sites is 1. The number of likely N-dealkylation sites (tertiary alicyclic amines) is 1. The molecule has 100 valence electrons. The van der Waals surface area contributed by atoms with Crippen molar-refractivity contribution in [3.05, 3.63) is 42.2 Å². The molecule has 1 atom stereocenters. The summed E-state index contributed by atoms with van der Waals surface area (Å²) in [5.74, 6) is 0. The molecule has 0 bridgehead atoms. The van der Waals surface area contributed by atoms with E-state index in [-0.39, 0.29) is 0 Å². The number of hydrogen-bond acceptors (Lipinski definition) is 4. The van der Waals surface area contributed by atoms with Gasteiger partial charge in [0.25, 0.3) is 0 Å². The Bertz CT molecular complexity index is 522. The Morgan fingerprint density at radius 2 is 2.11 bits per heavy atom. The maximum absolute atomic E-state index is 5.79. The average Bonchev–Trinajstić information content (AvgIpc) is 3.09. The minimum absolute atomic E-state index is 0.502. The van der Waals surface area contributed by atoms with Crippen LogP contribution in [0.2, 0.25) is 0 Å². The largest absolute Gasteiger partial charge is 0.329 e. The zero-order chi connectivity index (χ0) is 13.1. The molecular formula is C14H19N5. The smallest absolute Gasteiger partial charge is 0.0971 e. The molecule has 0 amide bonds. The van der Waals surface area contributed by atoms with Crippen molar-refractivity contribution in [2.45, 2.75) is 25.4 Å². The topological polar surface area (TPSA) is 60.0 Å². The third-order valence-corrected chi connectivity index (χ3v) is 3.66. The van der Waals surface area contributed by atoms with Gasteiger partial charge in [-0.3, -0.25) is 4.90 Å². The lowest BCUT2D eigenvalue weighted by Gasteiger charge is -2.21. The van der Waals surface area contributed by atoms with Gasteiger partial charge in [0.2, 0.25) is 0 Å². The number of aromatic nitrogens is 3. The first-order chi connectivity index (χ1) is 9.36. The van der Waals surface area contributed by atoms with E-state index < -0.39 is 0 Å². The Balaban J connectivity index is 1.72. The summed E-state index contributed by atoms with van der Waals surface area (Å²) in [6.07, 6.45) is 4.27. The van der Waals surface area contributed by atoms with Gasteiger partial charge in [0.05, 0.1) is 17.6 Å². The summed E-state index contributed by atoms with van der Waals surface area (Å²) in [7, 11) is 0. The summed E-state index contributed by atoms with van der Waals surface area (Å²) in [4.78, 5) is 4.09. The molecule has 19 heavy (non-hydrogen) atoms. The van der Waals surface area contributed by atoms with Gasteiger partial charge in [-0.05, 0) is 31.5 Å². The molecule has 1 fully saturated rings. The van der Waals surface area contributed by atoms with E-state index in [0.717, 1.165) is 31.0 Å². The van der Waals surface area contributed by atoms with Crippen molar-refractivity contribution in [1.29, 1.82) is 0 Å². The number of nitrogens with two attached hydrogens (primary N) is 1. The lowest BCUT2D eigenvalue weighted by Crippen LogP contribution is -2.34. The number of benzene rings is 1. The Morgan fingerprint density at radius 1 is 1.26 bits per heavy atom. The predicted molar refractivity (Wildman–Crippen MR) is 73.8 cm³/mol. The second-order valence-corrected chi connectivity index (χ2v) is 4.96. The molecule has 1 saturated heterocycles. The molecule has 0 spiro atoms. The van der Waals surface area contributed by atoms with Gasteiger partial charge in [0.15, 0.2) is 0 Å². The van der Waals surface area contributed by atoms with Gasteiger partial charge >= 0.3 is 0 Å². The van der Waals surface area contributed by atoms with E-state index in [9.17, 15) is 0 Å². The first-order valence-electron chi connectivity index (χ1n) is 6.77. The van der Waals surface area contributed by atoms with E-state index in [1.165, 1.54) is 12.8 Å². The highest BCUT2D eigenvalue weighted by Crippen LogP contribution is 2.18. The quantitative estimate of drug-likeness (QED) is 0.894. The summed E-state index contributed by atoms with van der Waals surface area (Å²) >= 11 is 0. The maximum atomic E-state index is 5.79. The van der Waals surface area contributed by atoms with Crippen LogP contribution in [0.25, 0.3) is 5.69 Å². The third-order valence-electron chi connectivity index (χ3n) is 3.66. The molecule has 3 rings (SSSR count). The maximum Gasteiger partial charge on any atom is 0.0971 e. The predicted octanol–water partition coefficient (Wildman–Crippen LogP) is 1.19. The second-order valence-electron chi connectivity index (χ2n) is 4.96. The van der Waals surface area contributed by atoms with Gasteiger partial charge in [0.1, 0.15) is 0 Å². The van der Waals surface area contributed by atoms with Crippen LogP contribution in [0, 0.1) is 0 Å². The minimum Gasteiger partial charge on any atom is -0.329 e. The van der Waals surface area contributed by atoms with E-state index >= 15 is 0 Å². The molecule has 1 aliphatic rings. The van der Waals surface area contributed by atoms with Crippen LogP contribution in [0.15, 0.2) is 36.5 Å². The summed E-state index contributed by atoms with van der Waals surface area (Å²) in [6, 6.07) is 10.5. The highest BCUT2D eigenvalue weighted by Gasteiger charge is 2.23. The fraction of sp³-hybridized carbons (Fsp3) is 0.429. The van der Waals surface area contributed by atoms with Crippen LogP contribution in [0.3, 0.4) is 0 Å².